The fourth-order valence-corrected chi connectivity index (χ4v) is 2.94. The number of nitrogens with one attached hydrogen (secondary N) is 1. The summed E-state index contributed by atoms with van der Waals surface area (Å²) < 4.78 is 0. The highest BCUT2D eigenvalue weighted by Gasteiger charge is 2.28. The Morgan fingerprint density at radius 3 is 2.57 bits per heavy atom. The lowest BCUT2D eigenvalue weighted by Crippen LogP contribution is -2.54. The van der Waals surface area contributed by atoms with E-state index in [2.05, 4.69) is 5.43 Å². The van der Waals surface area contributed by atoms with Gasteiger partial charge in [0.25, 0.3) is 11.6 Å². The van der Waals surface area contributed by atoms with Crippen LogP contribution in [-0.4, -0.2) is 27.9 Å². The van der Waals surface area contributed by atoms with Crippen molar-refractivity contribution in [3.05, 3.63) is 38.9 Å². The van der Waals surface area contributed by atoms with Gasteiger partial charge >= 0.3 is 0 Å². The van der Waals surface area contributed by atoms with Crippen molar-refractivity contribution in [2.24, 2.45) is 0 Å². The summed E-state index contributed by atoms with van der Waals surface area (Å²) in [7, 11) is 0. The van der Waals surface area contributed by atoms with Crippen molar-refractivity contribution < 1.29 is 9.72 Å². The Bertz CT molecular complexity index is 554. The number of hydrogen-bond acceptors (Lipinski definition) is 4. The summed E-state index contributed by atoms with van der Waals surface area (Å²) in [6, 6.07) is 4.70. The third kappa shape index (κ3) is 3.33. The molecule has 1 amide bonds. The molecule has 2 unspecified atom stereocenters. The van der Waals surface area contributed by atoms with Crippen molar-refractivity contribution in [2.45, 2.75) is 45.2 Å². The highest BCUT2D eigenvalue weighted by Crippen LogP contribution is 2.28. The lowest BCUT2D eigenvalue weighted by atomic mass is 10.00. The van der Waals surface area contributed by atoms with Gasteiger partial charge in [-0.3, -0.25) is 20.3 Å². The van der Waals surface area contributed by atoms with E-state index in [9.17, 15) is 14.9 Å². The third-order valence-corrected chi connectivity index (χ3v) is 4.24. The van der Waals surface area contributed by atoms with E-state index in [1.54, 1.807) is 0 Å². The molecule has 1 aliphatic heterocycles. The Morgan fingerprint density at radius 1 is 1.38 bits per heavy atom. The molecule has 1 N–H and O–H groups in total. The normalized spacial score (nSPS) is 22.8. The number of rotatable bonds is 3. The van der Waals surface area contributed by atoms with Crippen LogP contribution in [0.25, 0.3) is 0 Å². The number of hydrogen-bond donors (Lipinski definition) is 1. The Kier molecular flexibility index (Phi) is 4.80. The second-order valence-corrected chi connectivity index (χ2v) is 5.75. The molecule has 1 heterocycles. The molecule has 0 radical (unpaired) electrons. The molecule has 0 aliphatic carbocycles. The largest absolute Gasteiger partial charge is 0.288 e. The molecule has 21 heavy (non-hydrogen) atoms. The van der Waals surface area contributed by atoms with Gasteiger partial charge in [-0.1, -0.05) is 24.1 Å². The standard InChI is InChI=1S/C14H18ClN3O3/c1-9-5-3-6-10(2)17(9)16-14(19)11-7-4-8-12(13(11)15)18(20)21/h4,7-10H,3,5-6H2,1-2H3,(H,16,19). The smallest absolute Gasteiger partial charge is 0.284 e. The maximum Gasteiger partial charge on any atom is 0.288 e. The van der Waals surface area contributed by atoms with Gasteiger partial charge in [0.05, 0.1) is 10.5 Å². The number of piperidine rings is 1. The van der Waals surface area contributed by atoms with Crippen LogP contribution >= 0.6 is 11.6 Å². The van der Waals surface area contributed by atoms with E-state index in [1.807, 2.05) is 18.9 Å². The fourth-order valence-electron chi connectivity index (χ4n) is 2.66. The van der Waals surface area contributed by atoms with Crippen LogP contribution in [0.5, 0.6) is 0 Å². The van der Waals surface area contributed by atoms with Crippen LogP contribution in [0.15, 0.2) is 18.2 Å². The zero-order valence-corrected chi connectivity index (χ0v) is 12.8. The topological polar surface area (TPSA) is 75.5 Å². The molecular weight excluding hydrogens is 294 g/mol. The highest BCUT2D eigenvalue weighted by atomic mass is 35.5. The van der Waals surface area contributed by atoms with Gasteiger partial charge in [0.2, 0.25) is 0 Å². The Hall–Kier alpha value is -1.66. The fraction of sp³-hybridized carbons (Fsp3) is 0.500. The molecule has 2 atom stereocenters. The molecule has 0 bridgehead atoms. The Morgan fingerprint density at radius 2 is 2.00 bits per heavy atom. The van der Waals surface area contributed by atoms with Crippen LogP contribution in [0.1, 0.15) is 43.5 Å². The lowest BCUT2D eigenvalue weighted by Gasteiger charge is -2.38. The van der Waals surface area contributed by atoms with Gasteiger partial charge in [-0.2, -0.15) is 0 Å². The molecule has 1 aromatic rings. The molecule has 7 heteroatoms. The van der Waals surface area contributed by atoms with E-state index < -0.39 is 10.8 Å². The summed E-state index contributed by atoms with van der Waals surface area (Å²) in [6.45, 7) is 4.09. The van der Waals surface area contributed by atoms with Gasteiger partial charge in [0.15, 0.2) is 0 Å². The summed E-state index contributed by atoms with van der Waals surface area (Å²) in [4.78, 5) is 22.6. The summed E-state index contributed by atoms with van der Waals surface area (Å²) in [5.74, 6) is -0.413. The minimum absolute atomic E-state index is 0.121. The van der Waals surface area contributed by atoms with E-state index >= 15 is 0 Å². The van der Waals surface area contributed by atoms with Crippen LogP contribution in [-0.2, 0) is 0 Å². The first-order valence-corrected chi connectivity index (χ1v) is 7.32. The predicted molar refractivity (Wildman–Crippen MR) is 80.2 cm³/mol. The minimum Gasteiger partial charge on any atom is -0.284 e. The first-order chi connectivity index (χ1) is 9.91. The quantitative estimate of drug-likeness (QED) is 0.687. The zero-order valence-electron chi connectivity index (χ0n) is 12.0. The van der Waals surface area contributed by atoms with Gasteiger partial charge in [-0.25, -0.2) is 5.01 Å². The lowest BCUT2D eigenvalue weighted by molar-refractivity contribution is -0.384. The summed E-state index contributed by atoms with van der Waals surface area (Å²) >= 11 is 5.97. The molecule has 1 aromatic carbocycles. The van der Waals surface area contributed by atoms with Crippen LogP contribution < -0.4 is 5.43 Å². The van der Waals surface area contributed by atoms with Gasteiger partial charge in [-0.05, 0) is 32.8 Å². The second-order valence-electron chi connectivity index (χ2n) is 5.37. The maximum absolute atomic E-state index is 12.3. The third-order valence-electron chi connectivity index (χ3n) is 3.84. The van der Waals surface area contributed by atoms with Gasteiger partial charge in [-0.15, -0.1) is 0 Å². The Labute approximate surface area is 128 Å². The van der Waals surface area contributed by atoms with Crippen molar-refractivity contribution in [3.8, 4) is 0 Å². The van der Waals surface area contributed by atoms with Crippen LogP contribution in [0.2, 0.25) is 5.02 Å². The summed E-state index contributed by atoms with van der Waals surface area (Å²) in [6.07, 6.45) is 3.15. The van der Waals surface area contributed by atoms with Crippen molar-refractivity contribution >= 4 is 23.2 Å². The van der Waals surface area contributed by atoms with Crippen molar-refractivity contribution in [3.63, 3.8) is 0 Å². The van der Waals surface area contributed by atoms with Crippen LogP contribution in [0, 0.1) is 10.1 Å². The Balaban J connectivity index is 2.21. The van der Waals surface area contributed by atoms with Gasteiger partial charge in [0, 0.05) is 18.2 Å². The maximum atomic E-state index is 12.3. The van der Waals surface area contributed by atoms with Crippen LogP contribution in [0.3, 0.4) is 0 Å². The molecule has 0 aromatic heterocycles. The number of amides is 1. The molecule has 2 rings (SSSR count). The molecule has 1 saturated heterocycles. The molecule has 0 spiro atoms. The highest BCUT2D eigenvalue weighted by molar-refractivity contribution is 6.35. The van der Waals surface area contributed by atoms with E-state index in [0.717, 1.165) is 19.3 Å². The monoisotopic (exact) mass is 311 g/mol. The first-order valence-electron chi connectivity index (χ1n) is 6.94. The minimum atomic E-state index is -0.592. The van der Waals surface area contributed by atoms with Gasteiger partial charge < -0.3 is 0 Å². The molecule has 6 nitrogen and oxygen atoms in total. The summed E-state index contributed by atoms with van der Waals surface area (Å²) in [5, 5.41) is 12.6. The first kappa shape index (κ1) is 15.7. The molecule has 1 fully saturated rings. The zero-order chi connectivity index (χ0) is 15.6. The van der Waals surface area contributed by atoms with E-state index in [-0.39, 0.29) is 28.4 Å². The number of hydrazine groups is 1. The molecular formula is C14H18ClN3O3. The number of nitrogens with zero attached hydrogens (tertiary/aromatic N) is 2. The number of carbonyl (C=O) groups excluding carboxylic acids is 1. The molecule has 114 valence electrons. The van der Waals surface area contributed by atoms with Crippen molar-refractivity contribution in [1.82, 2.24) is 10.4 Å². The van der Waals surface area contributed by atoms with E-state index in [1.165, 1.54) is 18.2 Å². The van der Waals surface area contributed by atoms with E-state index in [0.29, 0.717) is 0 Å². The number of nitro groups is 1. The molecule has 0 saturated carbocycles. The van der Waals surface area contributed by atoms with Crippen LogP contribution in [0.4, 0.5) is 5.69 Å². The predicted octanol–water partition coefficient (Wildman–Crippen LogP) is 3.16. The number of carbonyl (C=O) groups is 1. The summed E-state index contributed by atoms with van der Waals surface area (Å²) in [5.41, 5.74) is 2.69. The van der Waals surface area contributed by atoms with Crippen molar-refractivity contribution in [1.29, 1.82) is 0 Å². The number of nitro benzene ring substituents is 1. The molecule has 1 aliphatic rings. The second kappa shape index (κ2) is 6.41. The van der Waals surface area contributed by atoms with Crippen molar-refractivity contribution in [2.75, 3.05) is 0 Å². The average molecular weight is 312 g/mol. The van der Waals surface area contributed by atoms with E-state index in [4.69, 9.17) is 11.6 Å². The SMILES string of the molecule is CC1CCCC(C)N1NC(=O)c1cccc([N+](=O)[O-])c1Cl. The average Bonchev–Trinajstić information content (AvgIpc) is 2.42. The number of halogens is 1. The number of benzene rings is 1. The van der Waals surface area contributed by atoms with Gasteiger partial charge in [0.1, 0.15) is 5.02 Å².